The molecular formula is C18H22N2O. The molecule has 1 fully saturated rings. The van der Waals surface area contributed by atoms with Crippen molar-refractivity contribution in [2.24, 2.45) is 0 Å². The van der Waals surface area contributed by atoms with Crippen molar-refractivity contribution in [1.82, 2.24) is 4.98 Å². The number of pyridine rings is 1. The molecule has 1 unspecified atom stereocenters. The maximum Gasteiger partial charge on any atom is 0.0963 e. The van der Waals surface area contributed by atoms with Gasteiger partial charge in [0.2, 0.25) is 0 Å². The Bertz CT molecular complexity index is 662. The molecule has 0 amide bonds. The summed E-state index contributed by atoms with van der Waals surface area (Å²) in [5.74, 6) is 0. The number of nitrogens with zero attached hydrogens (tertiary/aromatic N) is 2. The van der Waals surface area contributed by atoms with Gasteiger partial charge in [0.05, 0.1) is 23.0 Å². The van der Waals surface area contributed by atoms with Crippen molar-refractivity contribution < 1.29 is 5.11 Å². The Morgan fingerprint density at radius 2 is 1.86 bits per heavy atom. The molecule has 0 bridgehead atoms. The molecule has 1 aliphatic carbocycles. The second-order valence-corrected chi connectivity index (χ2v) is 6.30. The highest BCUT2D eigenvalue weighted by Crippen LogP contribution is 2.39. The van der Waals surface area contributed by atoms with Gasteiger partial charge in [-0.25, -0.2) is 4.98 Å². The summed E-state index contributed by atoms with van der Waals surface area (Å²) in [5.41, 5.74) is 4.61. The summed E-state index contributed by atoms with van der Waals surface area (Å²) in [5, 5.41) is 11.6. The number of aliphatic hydroxyl groups excluding tert-OH is 1. The Morgan fingerprint density at radius 1 is 1.05 bits per heavy atom. The second-order valence-electron chi connectivity index (χ2n) is 6.30. The largest absolute Gasteiger partial charge is 0.387 e. The van der Waals surface area contributed by atoms with Gasteiger partial charge in [-0.1, -0.05) is 18.2 Å². The lowest BCUT2D eigenvalue weighted by molar-refractivity contribution is 0.152. The SMILES string of the molecule is OC1CCCc2c1nc1ccccc1c2N1CCCCC1. The van der Waals surface area contributed by atoms with Gasteiger partial charge in [0.25, 0.3) is 0 Å². The predicted octanol–water partition coefficient (Wildman–Crippen LogP) is 3.59. The molecular weight excluding hydrogens is 260 g/mol. The van der Waals surface area contributed by atoms with Crippen LogP contribution in [0.15, 0.2) is 24.3 Å². The van der Waals surface area contributed by atoms with E-state index in [4.69, 9.17) is 4.98 Å². The molecule has 1 aromatic heterocycles. The topological polar surface area (TPSA) is 36.4 Å². The zero-order valence-corrected chi connectivity index (χ0v) is 12.4. The lowest BCUT2D eigenvalue weighted by atomic mass is 9.90. The lowest BCUT2D eigenvalue weighted by Gasteiger charge is -2.34. The molecule has 21 heavy (non-hydrogen) atoms. The molecule has 3 nitrogen and oxygen atoms in total. The average molecular weight is 282 g/mol. The Kier molecular flexibility index (Phi) is 3.30. The van der Waals surface area contributed by atoms with E-state index in [9.17, 15) is 5.11 Å². The molecule has 1 saturated heterocycles. The molecule has 1 atom stereocenters. The van der Waals surface area contributed by atoms with E-state index in [1.807, 2.05) is 6.07 Å². The van der Waals surface area contributed by atoms with Crippen LogP contribution in [-0.2, 0) is 6.42 Å². The summed E-state index contributed by atoms with van der Waals surface area (Å²) in [7, 11) is 0. The van der Waals surface area contributed by atoms with Crippen LogP contribution in [0.5, 0.6) is 0 Å². The first-order valence-corrected chi connectivity index (χ1v) is 8.19. The number of aliphatic hydroxyl groups is 1. The molecule has 3 heteroatoms. The van der Waals surface area contributed by atoms with E-state index >= 15 is 0 Å². The fourth-order valence-electron chi connectivity index (χ4n) is 3.86. The van der Waals surface area contributed by atoms with Crippen molar-refractivity contribution in [2.45, 2.75) is 44.6 Å². The third kappa shape index (κ3) is 2.20. The molecule has 2 aliphatic rings. The van der Waals surface area contributed by atoms with Gasteiger partial charge in [0.1, 0.15) is 0 Å². The molecule has 0 saturated carbocycles. The fraction of sp³-hybridized carbons (Fsp3) is 0.500. The van der Waals surface area contributed by atoms with Crippen LogP contribution in [0.3, 0.4) is 0 Å². The Hall–Kier alpha value is -1.61. The predicted molar refractivity (Wildman–Crippen MR) is 85.7 cm³/mol. The van der Waals surface area contributed by atoms with Gasteiger partial charge in [0.15, 0.2) is 0 Å². The molecule has 2 heterocycles. The Labute approximate surface area is 125 Å². The Balaban J connectivity index is 1.96. The van der Waals surface area contributed by atoms with E-state index in [1.54, 1.807) is 0 Å². The lowest BCUT2D eigenvalue weighted by Crippen LogP contribution is -2.31. The fourth-order valence-corrected chi connectivity index (χ4v) is 3.86. The van der Waals surface area contributed by atoms with Crippen molar-refractivity contribution in [2.75, 3.05) is 18.0 Å². The highest BCUT2D eigenvalue weighted by atomic mass is 16.3. The minimum Gasteiger partial charge on any atom is -0.387 e. The van der Waals surface area contributed by atoms with Crippen molar-refractivity contribution in [3.63, 3.8) is 0 Å². The number of para-hydroxylation sites is 1. The van der Waals surface area contributed by atoms with E-state index < -0.39 is 0 Å². The van der Waals surface area contributed by atoms with Gasteiger partial charge in [-0.05, 0) is 44.6 Å². The summed E-state index contributed by atoms with van der Waals surface area (Å²) in [6.07, 6.45) is 6.46. The van der Waals surface area contributed by atoms with E-state index in [1.165, 1.54) is 35.9 Å². The number of benzene rings is 1. The monoisotopic (exact) mass is 282 g/mol. The van der Waals surface area contributed by atoms with Gasteiger partial charge in [-0.15, -0.1) is 0 Å². The molecule has 0 radical (unpaired) electrons. The van der Waals surface area contributed by atoms with Crippen LogP contribution in [0.1, 0.15) is 49.5 Å². The van der Waals surface area contributed by atoms with Crippen LogP contribution in [-0.4, -0.2) is 23.2 Å². The number of fused-ring (bicyclic) bond motifs is 2. The molecule has 1 N–H and O–H groups in total. The number of rotatable bonds is 1. The number of anilines is 1. The summed E-state index contributed by atoms with van der Waals surface area (Å²) in [4.78, 5) is 7.31. The smallest absolute Gasteiger partial charge is 0.0963 e. The highest BCUT2D eigenvalue weighted by Gasteiger charge is 2.27. The van der Waals surface area contributed by atoms with Crippen LogP contribution < -0.4 is 4.90 Å². The maximum absolute atomic E-state index is 10.4. The summed E-state index contributed by atoms with van der Waals surface area (Å²) in [6.45, 7) is 2.27. The molecule has 0 spiro atoms. The van der Waals surface area contributed by atoms with Gasteiger partial charge < -0.3 is 10.0 Å². The van der Waals surface area contributed by atoms with Gasteiger partial charge in [0, 0.05) is 24.0 Å². The first-order chi connectivity index (χ1) is 10.3. The summed E-state index contributed by atoms with van der Waals surface area (Å²) >= 11 is 0. The first kappa shape index (κ1) is 13.1. The van der Waals surface area contributed by atoms with Gasteiger partial charge >= 0.3 is 0 Å². The number of hydrogen-bond acceptors (Lipinski definition) is 3. The minimum atomic E-state index is -0.387. The molecule has 1 aliphatic heterocycles. The zero-order chi connectivity index (χ0) is 14.2. The zero-order valence-electron chi connectivity index (χ0n) is 12.4. The van der Waals surface area contributed by atoms with Crippen molar-refractivity contribution >= 4 is 16.6 Å². The van der Waals surface area contributed by atoms with E-state index in [0.717, 1.165) is 43.6 Å². The van der Waals surface area contributed by atoms with Gasteiger partial charge in [-0.2, -0.15) is 0 Å². The summed E-state index contributed by atoms with van der Waals surface area (Å²) < 4.78 is 0. The van der Waals surface area contributed by atoms with Crippen molar-refractivity contribution in [3.05, 3.63) is 35.5 Å². The standard InChI is InChI=1S/C18H22N2O/c21-16-10-6-8-14-17(16)19-15-9-3-2-7-13(15)18(14)20-11-4-1-5-12-20/h2-3,7,9,16,21H,1,4-6,8,10-12H2. The Morgan fingerprint density at radius 3 is 2.71 bits per heavy atom. The second kappa shape index (κ2) is 5.30. The minimum absolute atomic E-state index is 0.387. The van der Waals surface area contributed by atoms with Crippen LogP contribution in [0, 0.1) is 0 Å². The van der Waals surface area contributed by atoms with Crippen LogP contribution in [0.4, 0.5) is 5.69 Å². The third-order valence-corrected chi connectivity index (χ3v) is 4.89. The first-order valence-electron chi connectivity index (χ1n) is 8.19. The van der Waals surface area contributed by atoms with Crippen LogP contribution >= 0.6 is 0 Å². The molecule has 2 aromatic rings. The van der Waals surface area contributed by atoms with Crippen molar-refractivity contribution in [1.29, 1.82) is 0 Å². The third-order valence-electron chi connectivity index (χ3n) is 4.89. The highest BCUT2D eigenvalue weighted by molar-refractivity contribution is 5.94. The summed E-state index contributed by atoms with van der Waals surface area (Å²) in [6, 6.07) is 8.40. The quantitative estimate of drug-likeness (QED) is 0.868. The average Bonchev–Trinajstić information content (AvgIpc) is 2.54. The molecule has 1 aromatic carbocycles. The molecule has 110 valence electrons. The van der Waals surface area contributed by atoms with Crippen LogP contribution in [0.2, 0.25) is 0 Å². The number of aromatic nitrogens is 1. The maximum atomic E-state index is 10.4. The van der Waals surface area contributed by atoms with E-state index in [0.29, 0.717) is 0 Å². The van der Waals surface area contributed by atoms with Crippen molar-refractivity contribution in [3.8, 4) is 0 Å². The normalized spacial score (nSPS) is 22.3. The van der Waals surface area contributed by atoms with Gasteiger partial charge in [-0.3, -0.25) is 0 Å². The van der Waals surface area contributed by atoms with Crippen LogP contribution in [0.25, 0.3) is 10.9 Å². The molecule has 4 rings (SSSR count). The van der Waals surface area contributed by atoms with E-state index in [-0.39, 0.29) is 6.10 Å². The van der Waals surface area contributed by atoms with E-state index in [2.05, 4.69) is 23.1 Å². The number of piperidine rings is 1. The number of hydrogen-bond donors (Lipinski definition) is 1.